The second-order valence-electron chi connectivity index (χ2n) is 5.08. The molecule has 1 unspecified atom stereocenters. The molecule has 0 aliphatic carbocycles. The highest BCUT2D eigenvalue weighted by atomic mass is 16.2. The molecule has 0 bridgehead atoms. The molecule has 6 nitrogen and oxygen atoms in total. The standard InChI is InChI=1S/C13H26N4O2/c1-3-15-13(19)16-12(18)10(2)17-8-5-11(4-7-14)6-9-17/h10-11H,3-9,14H2,1-2H3,(H2,15,16,18,19). The fraction of sp³-hybridized carbons (Fsp3) is 0.846. The van der Waals surface area contributed by atoms with Gasteiger partial charge in [-0.2, -0.15) is 0 Å². The first kappa shape index (κ1) is 15.9. The Morgan fingerprint density at radius 3 is 2.53 bits per heavy atom. The van der Waals surface area contributed by atoms with E-state index >= 15 is 0 Å². The van der Waals surface area contributed by atoms with Crippen LogP contribution >= 0.6 is 0 Å². The largest absolute Gasteiger partial charge is 0.338 e. The third kappa shape index (κ3) is 5.16. The van der Waals surface area contributed by atoms with Crippen molar-refractivity contribution in [2.24, 2.45) is 11.7 Å². The van der Waals surface area contributed by atoms with E-state index in [4.69, 9.17) is 5.73 Å². The first-order valence-corrected chi connectivity index (χ1v) is 7.11. The van der Waals surface area contributed by atoms with Crippen molar-refractivity contribution < 1.29 is 9.59 Å². The van der Waals surface area contributed by atoms with E-state index in [2.05, 4.69) is 15.5 Å². The summed E-state index contributed by atoms with van der Waals surface area (Å²) < 4.78 is 0. The second kappa shape index (κ2) is 8.12. The Bertz CT molecular complexity index is 301. The Morgan fingerprint density at radius 1 is 1.37 bits per heavy atom. The van der Waals surface area contributed by atoms with E-state index in [-0.39, 0.29) is 11.9 Å². The molecular formula is C13H26N4O2. The van der Waals surface area contributed by atoms with Gasteiger partial charge >= 0.3 is 6.03 Å². The third-order valence-electron chi connectivity index (χ3n) is 3.73. The van der Waals surface area contributed by atoms with E-state index in [0.717, 1.165) is 38.9 Å². The van der Waals surface area contributed by atoms with Crippen molar-refractivity contribution in [1.29, 1.82) is 0 Å². The van der Waals surface area contributed by atoms with Gasteiger partial charge in [-0.25, -0.2) is 4.79 Å². The Kier molecular flexibility index (Phi) is 6.80. The lowest BCUT2D eigenvalue weighted by molar-refractivity contribution is -0.125. The molecule has 0 aromatic carbocycles. The van der Waals surface area contributed by atoms with Gasteiger partial charge < -0.3 is 11.1 Å². The van der Waals surface area contributed by atoms with Crippen molar-refractivity contribution in [3.63, 3.8) is 0 Å². The molecule has 110 valence electrons. The van der Waals surface area contributed by atoms with Crippen LogP contribution in [0.2, 0.25) is 0 Å². The molecule has 1 aliphatic heterocycles. The zero-order chi connectivity index (χ0) is 14.3. The summed E-state index contributed by atoms with van der Waals surface area (Å²) in [4.78, 5) is 25.3. The van der Waals surface area contributed by atoms with Crippen LogP contribution in [-0.2, 0) is 4.79 Å². The van der Waals surface area contributed by atoms with Crippen LogP contribution in [-0.4, -0.2) is 49.1 Å². The van der Waals surface area contributed by atoms with Gasteiger partial charge in [0, 0.05) is 6.54 Å². The smallest absolute Gasteiger partial charge is 0.321 e. The average molecular weight is 270 g/mol. The second-order valence-corrected chi connectivity index (χ2v) is 5.08. The van der Waals surface area contributed by atoms with E-state index in [1.807, 2.05) is 13.8 Å². The van der Waals surface area contributed by atoms with E-state index in [1.54, 1.807) is 0 Å². The van der Waals surface area contributed by atoms with Gasteiger partial charge in [0.15, 0.2) is 0 Å². The topological polar surface area (TPSA) is 87.5 Å². The highest BCUT2D eigenvalue weighted by Crippen LogP contribution is 2.21. The van der Waals surface area contributed by atoms with Gasteiger partial charge in [-0.1, -0.05) is 0 Å². The molecule has 0 aromatic heterocycles. The number of nitrogens with one attached hydrogen (secondary N) is 2. The monoisotopic (exact) mass is 270 g/mol. The van der Waals surface area contributed by atoms with Crippen LogP contribution in [0, 0.1) is 5.92 Å². The number of imide groups is 1. The molecule has 1 fully saturated rings. The number of urea groups is 1. The summed E-state index contributed by atoms with van der Waals surface area (Å²) in [7, 11) is 0. The Labute approximate surface area is 115 Å². The number of nitrogens with two attached hydrogens (primary N) is 1. The maximum absolute atomic E-state index is 11.9. The first-order chi connectivity index (χ1) is 9.08. The molecule has 1 rings (SSSR count). The summed E-state index contributed by atoms with van der Waals surface area (Å²) in [5, 5.41) is 4.92. The summed E-state index contributed by atoms with van der Waals surface area (Å²) in [6.07, 6.45) is 3.22. The van der Waals surface area contributed by atoms with Crippen LogP contribution in [0.25, 0.3) is 0 Å². The van der Waals surface area contributed by atoms with Gasteiger partial charge in [0.2, 0.25) is 5.91 Å². The van der Waals surface area contributed by atoms with E-state index in [0.29, 0.717) is 12.5 Å². The molecule has 1 atom stereocenters. The summed E-state index contributed by atoms with van der Waals surface area (Å²) in [5.41, 5.74) is 5.56. The molecule has 1 aliphatic rings. The summed E-state index contributed by atoms with van der Waals surface area (Å²) in [6, 6.07) is -0.682. The number of carbonyl (C=O) groups excluding carboxylic acids is 2. The highest BCUT2D eigenvalue weighted by Gasteiger charge is 2.26. The number of rotatable bonds is 5. The molecular weight excluding hydrogens is 244 g/mol. The molecule has 0 spiro atoms. The fourth-order valence-corrected chi connectivity index (χ4v) is 2.45. The Balaban J connectivity index is 2.35. The molecule has 6 heteroatoms. The van der Waals surface area contributed by atoms with Crippen LogP contribution in [0.4, 0.5) is 4.79 Å². The summed E-state index contributed by atoms with van der Waals surface area (Å²) >= 11 is 0. The van der Waals surface area contributed by atoms with E-state index in [1.165, 1.54) is 0 Å². The van der Waals surface area contributed by atoms with Crippen LogP contribution in [0.15, 0.2) is 0 Å². The fourth-order valence-electron chi connectivity index (χ4n) is 2.45. The number of hydrogen-bond donors (Lipinski definition) is 3. The minimum Gasteiger partial charge on any atom is -0.338 e. The Hall–Kier alpha value is -1.14. The van der Waals surface area contributed by atoms with Crippen LogP contribution in [0.1, 0.15) is 33.1 Å². The van der Waals surface area contributed by atoms with Crippen LogP contribution < -0.4 is 16.4 Å². The van der Waals surface area contributed by atoms with Gasteiger partial charge in [-0.3, -0.25) is 15.0 Å². The van der Waals surface area contributed by atoms with Gasteiger partial charge in [0.05, 0.1) is 6.04 Å². The SMILES string of the molecule is CCNC(=O)NC(=O)C(C)N1CCC(CCN)CC1. The van der Waals surface area contributed by atoms with Crippen molar-refractivity contribution >= 4 is 11.9 Å². The first-order valence-electron chi connectivity index (χ1n) is 7.11. The number of nitrogens with zero attached hydrogens (tertiary/aromatic N) is 1. The predicted octanol–water partition coefficient (Wildman–Crippen LogP) is 0.281. The Morgan fingerprint density at radius 2 is 2.00 bits per heavy atom. The normalized spacial score (nSPS) is 18.9. The van der Waals surface area contributed by atoms with Crippen LogP contribution in [0.3, 0.4) is 0 Å². The molecule has 3 amide bonds. The molecule has 0 aromatic rings. The van der Waals surface area contributed by atoms with Crippen molar-refractivity contribution in [2.45, 2.75) is 39.2 Å². The minimum atomic E-state index is -0.419. The summed E-state index contributed by atoms with van der Waals surface area (Å²) in [5.74, 6) is 0.447. The summed E-state index contributed by atoms with van der Waals surface area (Å²) in [6.45, 7) is 6.70. The zero-order valence-corrected chi connectivity index (χ0v) is 11.9. The maximum atomic E-state index is 11.9. The minimum absolute atomic E-state index is 0.233. The molecule has 0 radical (unpaired) electrons. The molecule has 4 N–H and O–H groups in total. The van der Waals surface area contributed by atoms with E-state index < -0.39 is 6.03 Å². The number of amides is 3. The lowest BCUT2D eigenvalue weighted by Crippen LogP contribution is -2.51. The molecule has 1 heterocycles. The van der Waals surface area contributed by atoms with Crippen molar-refractivity contribution in [3.05, 3.63) is 0 Å². The van der Waals surface area contributed by atoms with Crippen LogP contribution in [0.5, 0.6) is 0 Å². The van der Waals surface area contributed by atoms with Gasteiger partial charge in [-0.05, 0) is 58.7 Å². The predicted molar refractivity (Wildman–Crippen MR) is 74.6 cm³/mol. The third-order valence-corrected chi connectivity index (χ3v) is 3.73. The lowest BCUT2D eigenvalue weighted by Gasteiger charge is -2.35. The van der Waals surface area contributed by atoms with Gasteiger partial charge in [-0.15, -0.1) is 0 Å². The zero-order valence-electron chi connectivity index (χ0n) is 11.9. The number of hydrogen-bond acceptors (Lipinski definition) is 4. The van der Waals surface area contributed by atoms with Gasteiger partial charge in [0.1, 0.15) is 0 Å². The lowest BCUT2D eigenvalue weighted by atomic mass is 9.93. The van der Waals surface area contributed by atoms with E-state index in [9.17, 15) is 9.59 Å². The highest BCUT2D eigenvalue weighted by molar-refractivity contribution is 5.96. The quantitative estimate of drug-likeness (QED) is 0.669. The molecule has 1 saturated heterocycles. The number of likely N-dealkylation sites (tertiary alicyclic amines) is 1. The maximum Gasteiger partial charge on any atom is 0.321 e. The van der Waals surface area contributed by atoms with Crippen molar-refractivity contribution in [1.82, 2.24) is 15.5 Å². The van der Waals surface area contributed by atoms with Gasteiger partial charge in [0.25, 0.3) is 0 Å². The molecule has 19 heavy (non-hydrogen) atoms. The van der Waals surface area contributed by atoms with Crippen molar-refractivity contribution in [3.8, 4) is 0 Å². The number of piperidine rings is 1. The average Bonchev–Trinajstić information content (AvgIpc) is 2.39. The van der Waals surface area contributed by atoms with Crippen molar-refractivity contribution in [2.75, 3.05) is 26.2 Å². The molecule has 0 saturated carbocycles. The number of carbonyl (C=O) groups is 2.